The molecular weight excluding hydrogens is 202 g/mol. The van der Waals surface area contributed by atoms with E-state index in [9.17, 15) is 14.4 Å². The Labute approximate surface area is 86.2 Å². The van der Waals surface area contributed by atoms with Crippen molar-refractivity contribution in [1.29, 1.82) is 0 Å². The summed E-state index contributed by atoms with van der Waals surface area (Å²) in [5.74, 6) is -1.56. The maximum atomic E-state index is 11.2. The summed E-state index contributed by atoms with van der Waals surface area (Å²) in [5.41, 5.74) is 0. The third-order valence-corrected chi connectivity index (χ3v) is 1.91. The Morgan fingerprint density at radius 2 is 2.27 bits per heavy atom. The van der Waals surface area contributed by atoms with E-state index < -0.39 is 18.3 Å². The van der Waals surface area contributed by atoms with Crippen LogP contribution in [0.15, 0.2) is 0 Å². The largest absolute Gasteiger partial charge is 0.481 e. The summed E-state index contributed by atoms with van der Waals surface area (Å²) in [6.45, 7) is 1.31. The Balaban J connectivity index is 2.51. The van der Waals surface area contributed by atoms with Crippen LogP contribution in [0.5, 0.6) is 0 Å². The molecule has 84 valence electrons. The van der Waals surface area contributed by atoms with Crippen LogP contribution in [-0.2, 0) is 14.4 Å². The van der Waals surface area contributed by atoms with Crippen LogP contribution < -0.4 is 16.0 Å². The molecule has 4 N–H and O–H groups in total. The number of amides is 2. The van der Waals surface area contributed by atoms with Gasteiger partial charge in [0.05, 0.1) is 6.42 Å². The van der Waals surface area contributed by atoms with Crippen molar-refractivity contribution in [3.63, 3.8) is 0 Å². The summed E-state index contributed by atoms with van der Waals surface area (Å²) < 4.78 is 0. The molecule has 0 saturated carbocycles. The topological polar surface area (TPSA) is 108 Å². The molecule has 2 amide bonds. The average Bonchev–Trinajstić information content (AvgIpc) is 1.98. The van der Waals surface area contributed by atoms with Gasteiger partial charge in [0.15, 0.2) is 6.29 Å². The molecule has 0 radical (unpaired) electrons. The molecule has 2 atom stereocenters. The zero-order valence-electron chi connectivity index (χ0n) is 8.24. The number of carbonyl (C=O) groups excluding carboxylic acids is 2. The Kier molecular flexibility index (Phi) is 3.62. The van der Waals surface area contributed by atoms with Crippen molar-refractivity contribution >= 4 is 17.8 Å². The van der Waals surface area contributed by atoms with Crippen molar-refractivity contribution < 1.29 is 19.5 Å². The van der Waals surface area contributed by atoms with E-state index >= 15 is 0 Å². The van der Waals surface area contributed by atoms with Gasteiger partial charge in [0.25, 0.3) is 0 Å². The zero-order chi connectivity index (χ0) is 11.4. The van der Waals surface area contributed by atoms with Gasteiger partial charge < -0.3 is 15.7 Å². The molecule has 0 aliphatic carbocycles. The minimum atomic E-state index is -0.983. The van der Waals surface area contributed by atoms with Crippen LogP contribution in [0.2, 0.25) is 0 Å². The van der Waals surface area contributed by atoms with E-state index in [4.69, 9.17) is 5.11 Å². The summed E-state index contributed by atoms with van der Waals surface area (Å²) in [7, 11) is 0. The summed E-state index contributed by atoms with van der Waals surface area (Å²) in [4.78, 5) is 32.3. The van der Waals surface area contributed by atoms with E-state index in [1.165, 1.54) is 6.92 Å². The molecule has 1 fully saturated rings. The van der Waals surface area contributed by atoms with Gasteiger partial charge in [-0.1, -0.05) is 0 Å². The second-order valence-electron chi connectivity index (χ2n) is 3.37. The maximum Gasteiger partial charge on any atom is 0.304 e. The number of hydrogen-bond donors (Lipinski definition) is 4. The van der Waals surface area contributed by atoms with Crippen LogP contribution in [0.1, 0.15) is 19.8 Å². The van der Waals surface area contributed by atoms with Crippen molar-refractivity contribution in [3.8, 4) is 0 Å². The Hall–Kier alpha value is -1.63. The Bertz CT molecular complexity index is 262. The molecule has 1 aliphatic heterocycles. The lowest BCUT2D eigenvalue weighted by Gasteiger charge is -2.30. The van der Waals surface area contributed by atoms with Gasteiger partial charge in [0.1, 0.15) is 0 Å². The molecule has 1 rings (SSSR count). The summed E-state index contributed by atoms with van der Waals surface area (Å²) in [6.07, 6.45) is -0.737. The monoisotopic (exact) mass is 215 g/mol. The van der Waals surface area contributed by atoms with E-state index in [0.29, 0.717) is 0 Å². The molecule has 1 saturated heterocycles. The van der Waals surface area contributed by atoms with Crippen molar-refractivity contribution in [1.82, 2.24) is 16.0 Å². The number of rotatable bonds is 3. The number of hydrogen-bond acceptors (Lipinski definition) is 4. The molecule has 15 heavy (non-hydrogen) atoms. The minimum Gasteiger partial charge on any atom is -0.481 e. The highest BCUT2D eigenvalue weighted by atomic mass is 16.4. The smallest absolute Gasteiger partial charge is 0.304 e. The third-order valence-electron chi connectivity index (χ3n) is 1.91. The van der Waals surface area contributed by atoms with Crippen LogP contribution in [0.3, 0.4) is 0 Å². The number of carboxylic acids is 1. The molecule has 0 bridgehead atoms. The van der Waals surface area contributed by atoms with Crippen LogP contribution in [0.25, 0.3) is 0 Å². The first-order valence-corrected chi connectivity index (χ1v) is 4.51. The van der Waals surface area contributed by atoms with Gasteiger partial charge in [-0.3, -0.25) is 19.7 Å². The highest BCUT2D eigenvalue weighted by molar-refractivity contribution is 5.80. The summed E-state index contributed by atoms with van der Waals surface area (Å²) >= 11 is 0. The molecular formula is C8H13N3O4. The molecule has 0 spiro atoms. The van der Waals surface area contributed by atoms with Gasteiger partial charge in [-0.2, -0.15) is 0 Å². The molecule has 0 aromatic carbocycles. The lowest BCUT2D eigenvalue weighted by molar-refractivity contribution is -0.138. The maximum absolute atomic E-state index is 11.2. The molecule has 1 heterocycles. The van der Waals surface area contributed by atoms with Crippen molar-refractivity contribution in [2.24, 2.45) is 0 Å². The quantitative estimate of drug-likeness (QED) is 0.451. The van der Waals surface area contributed by atoms with Gasteiger partial charge in [0.2, 0.25) is 11.8 Å². The van der Waals surface area contributed by atoms with Crippen molar-refractivity contribution in [3.05, 3.63) is 0 Å². The normalized spacial score (nSPS) is 25.5. The van der Waals surface area contributed by atoms with Gasteiger partial charge in [0, 0.05) is 19.4 Å². The lowest BCUT2D eigenvalue weighted by atomic mass is 10.1. The standard InChI is InChI=1S/C8H13N3O4/c1-4(12)9-8-10-5(3-7(14)15)2-6(13)11-8/h5,8,10H,2-3H2,1H3,(H,9,12)(H,11,13)(H,14,15). The van der Waals surface area contributed by atoms with E-state index in [1.807, 2.05) is 0 Å². The predicted molar refractivity (Wildman–Crippen MR) is 49.5 cm³/mol. The number of aliphatic carboxylic acids is 1. The van der Waals surface area contributed by atoms with E-state index in [0.717, 1.165) is 0 Å². The van der Waals surface area contributed by atoms with E-state index in [2.05, 4.69) is 16.0 Å². The zero-order valence-corrected chi connectivity index (χ0v) is 8.24. The van der Waals surface area contributed by atoms with Crippen LogP contribution >= 0.6 is 0 Å². The average molecular weight is 215 g/mol. The first kappa shape index (κ1) is 11.4. The fourth-order valence-electron chi connectivity index (χ4n) is 1.40. The lowest BCUT2D eigenvalue weighted by Crippen LogP contribution is -2.63. The predicted octanol–water partition coefficient (Wildman–Crippen LogP) is -1.64. The SMILES string of the molecule is CC(=O)NC1NC(=O)CC(CC(=O)O)N1. The van der Waals surface area contributed by atoms with E-state index in [-0.39, 0.29) is 24.7 Å². The Morgan fingerprint density at radius 3 is 2.80 bits per heavy atom. The number of carbonyl (C=O) groups is 3. The van der Waals surface area contributed by atoms with Crippen molar-refractivity contribution in [2.75, 3.05) is 0 Å². The molecule has 0 aromatic heterocycles. The summed E-state index contributed by atoms with van der Waals surface area (Å²) in [5, 5.41) is 16.3. The first-order chi connectivity index (χ1) is 6.97. The Morgan fingerprint density at radius 1 is 1.60 bits per heavy atom. The molecule has 7 nitrogen and oxygen atoms in total. The van der Waals surface area contributed by atoms with Crippen LogP contribution in [0, 0.1) is 0 Å². The minimum absolute atomic E-state index is 0.0996. The van der Waals surface area contributed by atoms with Crippen LogP contribution in [-0.4, -0.2) is 35.2 Å². The molecule has 2 unspecified atom stereocenters. The summed E-state index contributed by atoms with van der Waals surface area (Å²) in [6, 6.07) is -0.451. The van der Waals surface area contributed by atoms with Crippen LogP contribution in [0.4, 0.5) is 0 Å². The molecule has 7 heteroatoms. The molecule has 0 aromatic rings. The fraction of sp³-hybridized carbons (Fsp3) is 0.625. The van der Waals surface area contributed by atoms with E-state index in [1.54, 1.807) is 0 Å². The van der Waals surface area contributed by atoms with Gasteiger partial charge in [-0.25, -0.2) is 0 Å². The van der Waals surface area contributed by atoms with Crippen molar-refractivity contribution in [2.45, 2.75) is 32.1 Å². The van der Waals surface area contributed by atoms with Gasteiger partial charge in [-0.05, 0) is 0 Å². The number of carboxylic acid groups (broad SMARTS) is 1. The first-order valence-electron chi connectivity index (χ1n) is 4.51. The second-order valence-corrected chi connectivity index (χ2v) is 3.37. The van der Waals surface area contributed by atoms with Gasteiger partial charge >= 0.3 is 5.97 Å². The second kappa shape index (κ2) is 4.74. The highest BCUT2D eigenvalue weighted by Crippen LogP contribution is 2.03. The molecule has 1 aliphatic rings. The fourth-order valence-corrected chi connectivity index (χ4v) is 1.40. The highest BCUT2D eigenvalue weighted by Gasteiger charge is 2.27. The van der Waals surface area contributed by atoms with Gasteiger partial charge in [-0.15, -0.1) is 0 Å². The number of nitrogens with one attached hydrogen (secondary N) is 3. The third kappa shape index (κ3) is 3.94.